The summed E-state index contributed by atoms with van der Waals surface area (Å²) < 4.78 is 0. The van der Waals surface area contributed by atoms with Crippen LogP contribution >= 0.6 is 0 Å². The lowest BCUT2D eigenvalue weighted by atomic mass is 9.44. The van der Waals surface area contributed by atoms with Crippen LogP contribution in [0.25, 0.3) is 0 Å². The van der Waals surface area contributed by atoms with Gasteiger partial charge in [0.15, 0.2) is 0 Å². The highest BCUT2D eigenvalue weighted by Crippen LogP contribution is 2.62. The highest BCUT2D eigenvalue weighted by atomic mass is 16.4. The van der Waals surface area contributed by atoms with Crippen LogP contribution in [0.3, 0.4) is 0 Å². The van der Waals surface area contributed by atoms with Crippen LogP contribution < -0.4 is 0 Å². The monoisotopic (exact) mass is 226 g/mol. The zero-order chi connectivity index (χ0) is 12.8. The zero-order valence-corrected chi connectivity index (χ0v) is 11.6. The molecule has 1 fully saturated rings. The molecule has 2 atom stereocenters. The average Bonchev–Trinajstić information content (AvgIpc) is 1.97. The van der Waals surface area contributed by atoms with Gasteiger partial charge >= 0.3 is 5.97 Å². The van der Waals surface area contributed by atoms with Gasteiger partial charge in [0, 0.05) is 0 Å². The molecule has 1 aliphatic carbocycles. The zero-order valence-electron chi connectivity index (χ0n) is 11.6. The molecule has 1 rings (SSSR count). The number of aliphatic carboxylic acids is 1. The molecule has 0 radical (unpaired) electrons. The van der Waals surface area contributed by atoms with Crippen molar-refractivity contribution in [2.75, 3.05) is 0 Å². The van der Waals surface area contributed by atoms with Crippen molar-refractivity contribution in [2.45, 2.75) is 60.8 Å². The topological polar surface area (TPSA) is 37.3 Å². The lowest BCUT2D eigenvalue weighted by Crippen LogP contribution is -2.59. The fourth-order valence-corrected chi connectivity index (χ4v) is 4.51. The van der Waals surface area contributed by atoms with Crippen molar-refractivity contribution in [1.29, 1.82) is 0 Å². The van der Waals surface area contributed by atoms with Gasteiger partial charge in [-0.1, -0.05) is 48.0 Å². The predicted molar refractivity (Wildman–Crippen MR) is 66.3 cm³/mol. The van der Waals surface area contributed by atoms with Gasteiger partial charge in [0.1, 0.15) is 0 Å². The summed E-state index contributed by atoms with van der Waals surface area (Å²) in [6.07, 6.45) is 3.20. The Morgan fingerprint density at radius 1 is 1.31 bits per heavy atom. The third kappa shape index (κ3) is 1.57. The molecule has 0 aromatic carbocycles. The number of hydrogen-bond donors (Lipinski definition) is 1. The summed E-state index contributed by atoms with van der Waals surface area (Å²) in [7, 11) is 0. The van der Waals surface area contributed by atoms with E-state index in [4.69, 9.17) is 0 Å². The van der Waals surface area contributed by atoms with E-state index in [0.29, 0.717) is 0 Å². The second-order valence-electron chi connectivity index (χ2n) is 7.04. The minimum atomic E-state index is -0.614. The van der Waals surface area contributed by atoms with Gasteiger partial charge < -0.3 is 5.11 Å². The molecule has 0 amide bonds. The van der Waals surface area contributed by atoms with Crippen molar-refractivity contribution in [3.63, 3.8) is 0 Å². The molecule has 0 aromatic heterocycles. The maximum atomic E-state index is 11.9. The largest absolute Gasteiger partial charge is 0.481 e. The molecule has 0 aromatic rings. The first-order valence-electron chi connectivity index (χ1n) is 6.31. The molecular weight excluding hydrogens is 200 g/mol. The van der Waals surface area contributed by atoms with Gasteiger partial charge in [0.2, 0.25) is 0 Å². The molecule has 16 heavy (non-hydrogen) atoms. The maximum Gasteiger partial charge on any atom is 0.310 e. The molecule has 0 bridgehead atoms. The van der Waals surface area contributed by atoms with Crippen LogP contribution in [0.2, 0.25) is 0 Å². The molecule has 2 unspecified atom stereocenters. The number of carboxylic acids is 1. The maximum absolute atomic E-state index is 11.9. The van der Waals surface area contributed by atoms with Crippen LogP contribution in [0.15, 0.2) is 0 Å². The van der Waals surface area contributed by atoms with E-state index in [1.807, 2.05) is 0 Å². The number of carboxylic acid groups (broad SMARTS) is 1. The van der Waals surface area contributed by atoms with E-state index >= 15 is 0 Å². The fourth-order valence-electron chi connectivity index (χ4n) is 4.51. The minimum absolute atomic E-state index is 0.130. The van der Waals surface area contributed by atoms with Crippen molar-refractivity contribution >= 4 is 5.97 Å². The molecule has 1 aliphatic rings. The van der Waals surface area contributed by atoms with Crippen molar-refractivity contribution in [1.82, 2.24) is 0 Å². The number of carbonyl (C=O) groups is 1. The molecule has 0 aliphatic heterocycles. The van der Waals surface area contributed by atoms with Gasteiger partial charge in [-0.3, -0.25) is 4.79 Å². The molecule has 2 heteroatoms. The second-order valence-corrected chi connectivity index (χ2v) is 7.04. The summed E-state index contributed by atoms with van der Waals surface area (Å²) in [5, 5.41) is 9.83. The lowest BCUT2D eigenvalue weighted by Gasteiger charge is -2.58. The number of rotatable bonds is 1. The summed E-state index contributed by atoms with van der Waals surface area (Å²) in [5.74, 6) is -0.369. The van der Waals surface area contributed by atoms with Gasteiger partial charge in [-0.15, -0.1) is 0 Å². The Balaban J connectivity index is 3.40. The molecule has 2 nitrogen and oxygen atoms in total. The first-order valence-corrected chi connectivity index (χ1v) is 6.31. The normalized spacial score (nSPS) is 34.8. The molecule has 94 valence electrons. The van der Waals surface area contributed by atoms with Gasteiger partial charge in [-0.05, 0) is 29.6 Å². The Hall–Kier alpha value is -0.530. The van der Waals surface area contributed by atoms with E-state index in [1.54, 1.807) is 0 Å². The van der Waals surface area contributed by atoms with Crippen molar-refractivity contribution in [3.8, 4) is 0 Å². The molecule has 0 saturated heterocycles. The molecule has 1 saturated carbocycles. The highest BCUT2D eigenvalue weighted by Gasteiger charge is 2.62. The van der Waals surface area contributed by atoms with Crippen LogP contribution in [-0.2, 0) is 4.79 Å². The SMILES string of the molecule is CC1CCCC(C)(C)C1(C(=O)O)C(C)(C)C. The second kappa shape index (κ2) is 3.75. The Labute approximate surface area is 99.4 Å². The van der Waals surface area contributed by atoms with Gasteiger partial charge in [-0.2, -0.15) is 0 Å². The smallest absolute Gasteiger partial charge is 0.310 e. The third-order valence-electron chi connectivity index (χ3n) is 4.77. The van der Waals surface area contributed by atoms with E-state index in [0.717, 1.165) is 19.3 Å². The van der Waals surface area contributed by atoms with Crippen molar-refractivity contribution in [3.05, 3.63) is 0 Å². The van der Waals surface area contributed by atoms with Crippen LogP contribution in [0.1, 0.15) is 60.8 Å². The first kappa shape index (κ1) is 13.5. The van der Waals surface area contributed by atoms with Gasteiger partial charge in [0.05, 0.1) is 5.41 Å². The Morgan fingerprint density at radius 3 is 2.06 bits per heavy atom. The van der Waals surface area contributed by atoms with Crippen LogP contribution in [0.4, 0.5) is 0 Å². The van der Waals surface area contributed by atoms with Crippen molar-refractivity contribution < 1.29 is 9.90 Å². The quantitative estimate of drug-likeness (QED) is 0.735. The molecule has 0 heterocycles. The Morgan fingerprint density at radius 2 is 1.81 bits per heavy atom. The van der Waals surface area contributed by atoms with E-state index in [9.17, 15) is 9.90 Å². The van der Waals surface area contributed by atoms with Crippen LogP contribution in [-0.4, -0.2) is 11.1 Å². The third-order valence-corrected chi connectivity index (χ3v) is 4.77. The summed E-state index contributed by atoms with van der Waals surface area (Å²) in [6, 6.07) is 0. The van der Waals surface area contributed by atoms with Gasteiger partial charge in [-0.25, -0.2) is 0 Å². The summed E-state index contributed by atoms with van der Waals surface area (Å²) >= 11 is 0. The summed E-state index contributed by atoms with van der Waals surface area (Å²) in [6.45, 7) is 12.6. The minimum Gasteiger partial charge on any atom is -0.481 e. The van der Waals surface area contributed by atoms with E-state index < -0.39 is 11.4 Å². The standard InChI is InChI=1S/C14H26O2/c1-10-8-7-9-13(5,6)14(10,11(15)16)12(2,3)4/h10H,7-9H2,1-6H3,(H,15,16). The average molecular weight is 226 g/mol. The molecule has 1 N–H and O–H groups in total. The Bertz CT molecular complexity index is 286. The summed E-state index contributed by atoms with van der Waals surface area (Å²) in [5.41, 5.74) is -0.949. The fraction of sp³-hybridized carbons (Fsp3) is 0.929. The summed E-state index contributed by atoms with van der Waals surface area (Å²) in [4.78, 5) is 11.9. The predicted octanol–water partition coefficient (Wildman–Crippen LogP) is 3.95. The first-order chi connectivity index (χ1) is 7.07. The van der Waals surface area contributed by atoms with Crippen LogP contribution in [0.5, 0.6) is 0 Å². The van der Waals surface area contributed by atoms with E-state index in [1.165, 1.54) is 0 Å². The molecular formula is C14H26O2. The molecule has 0 spiro atoms. The van der Waals surface area contributed by atoms with Gasteiger partial charge in [0.25, 0.3) is 0 Å². The highest BCUT2D eigenvalue weighted by molar-refractivity contribution is 5.77. The van der Waals surface area contributed by atoms with E-state index in [-0.39, 0.29) is 16.7 Å². The van der Waals surface area contributed by atoms with Crippen LogP contribution in [0, 0.1) is 22.2 Å². The van der Waals surface area contributed by atoms with Crippen molar-refractivity contribution in [2.24, 2.45) is 22.2 Å². The number of hydrogen-bond acceptors (Lipinski definition) is 1. The van der Waals surface area contributed by atoms with E-state index in [2.05, 4.69) is 41.5 Å². The lowest BCUT2D eigenvalue weighted by molar-refractivity contribution is -0.186. The Kier molecular flexibility index (Phi) is 3.17.